The van der Waals surface area contributed by atoms with E-state index in [1.54, 1.807) is 0 Å². The van der Waals surface area contributed by atoms with Crippen LogP contribution in [0.15, 0.2) is 16.7 Å². The van der Waals surface area contributed by atoms with Crippen molar-refractivity contribution in [3.8, 4) is 0 Å². The maximum absolute atomic E-state index is 4.58. The molecule has 2 bridgehead atoms. The van der Waals surface area contributed by atoms with Crippen LogP contribution in [-0.4, -0.2) is 4.98 Å². The van der Waals surface area contributed by atoms with Crippen LogP contribution in [0.2, 0.25) is 0 Å². The Morgan fingerprint density at radius 1 is 1.43 bits per heavy atom. The Kier molecular flexibility index (Phi) is 1.65. The molecule has 74 valence electrons. The smallest absolute Gasteiger partial charge is 0.106 e. The summed E-state index contributed by atoms with van der Waals surface area (Å²) in [4.78, 5) is 4.58. The van der Waals surface area contributed by atoms with Gasteiger partial charge in [0.15, 0.2) is 0 Å². The van der Waals surface area contributed by atoms with E-state index < -0.39 is 0 Å². The molecule has 1 nitrogen and oxygen atoms in total. The molecule has 2 heteroatoms. The zero-order valence-electron chi connectivity index (χ0n) is 8.55. The number of hydrogen-bond donors (Lipinski definition) is 0. The Hall–Kier alpha value is -0.370. The first-order chi connectivity index (χ1) is 6.59. The summed E-state index contributed by atoms with van der Waals surface area (Å²) < 4.78 is 0.982. The Labute approximate surface area is 93.1 Å². The molecule has 0 unspecified atom stereocenters. The Morgan fingerprint density at radius 3 is 2.93 bits per heavy atom. The topological polar surface area (TPSA) is 12.9 Å². The predicted molar refractivity (Wildman–Crippen MR) is 60.3 cm³/mol. The van der Waals surface area contributed by atoms with Crippen LogP contribution in [0.25, 0.3) is 0 Å². The number of rotatable bonds is 0. The summed E-state index contributed by atoms with van der Waals surface area (Å²) in [6.45, 7) is 4.80. The summed E-state index contributed by atoms with van der Waals surface area (Å²) in [6, 6.07) is 4.34. The van der Waals surface area contributed by atoms with E-state index in [4.69, 9.17) is 0 Å². The fourth-order valence-corrected chi connectivity index (χ4v) is 3.44. The van der Waals surface area contributed by atoms with Gasteiger partial charge in [0.2, 0.25) is 0 Å². The number of aromatic nitrogens is 1. The van der Waals surface area contributed by atoms with Crippen molar-refractivity contribution in [2.45, 2.75) is 32.6 Å². The fourth-order valence-electron chi connectivity index (χ4n) is 3.09. The monoisotopic (exact) mass is 251 g/mol. The van der Waals surface area contributed by atoms with Crippen molar-refractivity contribution in [2.24, 2.45) is 11.3 Å². The molecule has 3 aliphatic rings. The third kappa shape index (κ3) is 0.979. The van der Waals surface area contributed by atoms with Gasteiger partial charge in [-0.25, -0.2) is 4.98 Å². The Balaban J connectivity index is 2.11. The average Bonchev–Trinajstić information content (AvgIpc) is 2.16. The van der Waals surface area contributed by atoms with E-state index in [2.05, 4.69) is 46.9 Å². The molecule has 1 fully saturated rings. The lowest BCUT2D eigenvalue weighted by Crippen LogP contribution is -2.48. The molecule has 0 aliphatic heterocycles. The van der Waals surface area contributed by atoms with Crippen LogP contribution in [0, 0.1) is 11.3 Å². The molecule has 0 spiro atoms. The minimum Gasteiger partial charge on any atom is -0.246 e. The molecule has 1 heterocycles. The predicted octanol–water partition coefficient (Wildman–Crippen LogP) is 3.53. The summed E-state index contributed by atoms with van der Waals surface area (Å²) >= 11 is 3.44. The fraction of sp³-hybridized carbons (Fsp3) is 0.583. The standard InChI is InChI=1S/C12H14BrN/c1-12(2)7-5-9(12)8-3-4-11(13)14-10(8)6-7/h3-4,7,9H,5-6H2,1-2H3/t7-,9+/m1/s1. The second-order valence-electron chi connectivity index (χ2n) is 5.18. The number of halogens is 1. The lowest BCUT2D eigenvalue weighted by atomic mass is 9.48. The first-order valence-electron chi connectivity index (χ1n) is 5.24. The molecule has 1 aromatic rings. The van der Waals surface area contributed by atoms with Crippen LogP contribution >= 0.6 is 15.9 Å². The van der Waals surface area contributed by atoms with Gasteiger partial charge in [0, 0.05) is 5.69 Å². The maximum atomic E-state index is 4.58. The van der Waals surface area contributed by atoms with Crippen LogP contribution in [0.4, 0.5) is 0 Å². The first kappa shape index (κ1) is 8.90. The van der Waals surface area contributed by atoms with Gasteiger partial charge in [-0.1, -0.05) is 19.9 Å². The normalized spacial score (nSPS) is 31.9. The van der Waals surface area contributed by atoms with Crippen LogP contribution in [0.5, 0.6) is 0 Å². The Bertz CT molecular complexity index is 397. The largest absolute Gasteiger partial charge is 0.246 e. The van der Waals surface area contributed by atoms with Crippen molar-refractivity contribution in [3.63, 3.8) is 0 Å². The highest BCUT2D eigenvalue weighted by molar-refractivity contribution is 9.10. The molecule has 1 saturated carbocycles. The molecule has 4 rings (SSSR count). The van der Waals surface area contributed by atoms with Gasteiger partial charge in [0.05, 0.1) is 0 Å². The molecule has 0 saturated heterocycles. The molecule has 0 aromatic carbocycles. The van der Waals surface area contributed by atoms with Crippen molar-refractivity contribution in [2.75, 3.05) is 0 Å². The highest BCUT2D eigenvalue weighted by Crippen LogP contribution is 2.61. The van der Waals surface area contributed by atoms with E-state index in [0.717, 1.165) is 16.4 Å². The van der Waals surface area contributed by atoms with Gasteiger partial charge in [0.25, 0.3) is 0 Å². The van der Waals surface area contributed by atoms with Gasteiger partial charge < -0.3 is 0 Å². The Morgan fingerprint density at radius 2 is 2.21 bits per heavy atom. The van der Waals surface area contributed by atoms with Crippen molar-refractivity contribution >= 4 is 15.9 Å². The van der Waals surface area contributed by atoms with Gasteiger partial charge >= 0.3 is 0 Å². The second-order valence-corrected chi connectivity index (χ2v) is 5.99. The van der Waals surface area contributed by atoms with Crippen molar-refractivity contribution in [1.29, 1.82) is 0 Å². The summed E-state index contributed by atoms with van der Waals surface area (Å²) in [6.07, 6.45) is 2.56. The minimum absolute atomic E-state index is 0.516. The molecular weight excluding hydrogens is 238 g/mol. The molecule has 0 amide bonds. The van der Waals surface area contributed by atoms with Gasteiger partial charge in [-0.05, 0) is 57.7 Å². The van der Waals surface area contributed by atoms with Crippen LogP contribution in [0.3, 0.4) is 0 Å². The van der Waals surface area contributed by atoms with Crippen molar-refractivity contribution < 1.29 is 0 Å². The van der Waals surface area contributed by atoms with Crippen molar-refractivity contribution in [1.82, 2.24) is 4.98 Å². The zero-order valence-corrected chi connectivity index (χ0v) is 10.1. The SMILES string of the molecule is CC1(C)[C@H]2Cc3nc(Br)ccc3[C@@H]1C2. The number of hydrogen-bond acceptors (Lipinski definition) is 1. The van der Waals surface area contributed by atoms with E-state index in [1.165, 1.54) is 24.1 Å². The van der Waals surface area contributed by atoms with Gasteiger partial charge in [0.1, 0.15) is 4.60 Å². The van der Waals surface area contributed by atoms with E-state index in [-0.39, 0.29) is 0 Å². The summed E-state index contributed by atoms with van der Waals surface area (Å²) in [5, 5.41) is 0. The maximum Gasteiger partial charge on any atom is 0.106 e. The van der Waals surface area contributed by atoms with Crippen LogP contribution in [0.1, 0.15) is 37.4 Å². The number of pyridine rings is 1. The minimum atomic E-state index is 0.516. The molecule has 0 N–H and O–H groups in total. The van der Waals surface area contributed by atoms with E-state index in [9.17, 15) is 0 Å². The summed E-state index contributed by atoms with van der Waals surface area (Å²) in [5.74, 6) is 1.62. The highest BCUT2D eigenvalue weighted by Gasteiger charge is 2.52. The lowest BCUT2D eigenvalue weighted by Gasteiger charge is -2.56. The van der Waals surface area contributed by atoms with E-state index in [1.807, 2.05) is 0 Å². The molecule has 1 aromatic heterocycles. The summed E-state index contributed by atoms with van der Waals surface area (Å²) in [5.41, 5.74) is 3.35. The first-order valence-corrected chi connectivity index (χ1v) is 6.03. The van der Waals surface area contributed by atoms with Gasteiger partial charge in [-0.2, -0.15) is 0 Å². The van der Waals surface area contributed by atoms with Crippen LogP contribution < -0.4 is 0 Å². The molecule has 2 atom stereocenters. The number of nitrogens with zero attached hydrogens (tertiary/aromatic N) is 1. The lowest BCUT2D eigenvalue weighted by molar-refractivity contribution is 0.0168. The summed E-state index contributed by atoms with van der Waals surface area (Å²) in [7, 11) is 0. The third-order valence-electron chi connectivity index (χ3n) is 4.26. The third-order valence-corrected chi connectivity index (χ3v) is 4.70. The van der Waals surface area contributed by atoms with Crippen LogP contribution in [-0.2, 0) is 6.42 Å². The molecule has 0 radical (unpaired) electrons. The molecular formula is C12H14BrN. The zero-order chi connectivity index (χ0) is 9.92. The average molecular weight is 252 g/mol. The van der Waals surface area contributed by atoms with E-state index >= 15 is 0 Å². The molecule has 14 heavy (non-hydrogen) atoms. The van der Waals surface area contributed by atoms with Gasteiger partial charge in [-0.3, -0.25) is 0 Å². The molecule has 3 aliphatic carbocycles. The second kappa shape index (κ2) is 2.60. The quantitative estimate of drug-likeness (QED) is 0.643. The van der Waals surface area contributed by atoms with Gasteiger partial charge in [-0.15, -0.1) is 0 Å². The highest BCUT2D eigenvalue weighted by atomic mass is 79.9. The van der Waals surface area contributed by atoms with E-state index in [0.29, 0.717) is 5.41 Å². The van der Waals surface area contributed by atoms with Crippen molar-refractivity contribution in [3.05, 3.63) is 28.0 Å².